The van der Waals surface area contributed by atoms with Gasteiger partial charge in [0, 0.05) is 18.7 Å². The van der Waals surface area contributed by atoms with Crippen molar-refractivity contribution in [1.29, 1.82) is 0 Å². The Labute approximate surface area is 279 Å². The first kappa shape index (κ1) is 37.6. The van der Waals surface area contributed by atoms with Gasteiger partial charge in [0.05, 0.1) is 6.61 Å². The van der Waals surface area contributed by atoms with Crippen molar-refractivity contribution in [3.05, 3.63) is 70.5 Å². The van der Waals surface area contributed by atoms with Gasteiger partial charge >= 0.3 is 5.97 Å². The summed E-state index contributed by atoms with van der Waals surface area (Å²) in [5.74, 6) is -1.06. The van der Waals surface area contributed by atoms with Crippen LogP contribution in [0.2, 0.25) is 0 Å². The highest BCUT2D eigenvalue weighted by molar-refractivity contribution is 7.89. The van der Waals surface area contributed by atoms with Crippen LogP contribution < -0.4 is 5.56 Å². The predicted octanol–water partition coefficient (Wildman–Crippen LogP) is 8.76. The Balaban J connectivity index is 2.16. The lowest BCUT2D eigenvalue weighted by Gasteiger charge is -2.30. The van der Waals surface area contributed by atoms with Crippen LogP contribution in [0.25, 0.3) is 11.1 Å². The van der Waals surface area contributed by atoms with Crippen LogP contribution in [0.4, 0.5) is 11.4 Å². The zero-order chi connectivity index (χ0) is 34.4. The molecule has 0 saturated heterocycles. The number of carbonyl (C=O) groups is 1. The SMILES string of the molecule is CCCCC(CC)CN(CC(CC)CCCC)S(=O)(=O)c1ccccc1/N=N/c1c(O)[nH]c(=O)c(C(=O)OCC)c1-c1ccccc1. The third-order valence-corrected chi connectivity index (χ3v) is 10.3. The van der Waals surface area contributed by atoms with Crippen LogP contribution in [-0.2, 0) is 14.8 Å². The average molecular weight is 667 g/mol. The fourth-order valence-electron chi connectivity index (χ4n) is 5.64. The number of unbranched alkanes of at least 4 members (excludes halogenated alkanes) is 2. The van der Waals surface area contributed by atoms with E-state index in [9.17, 15) is 23.1 Å². The molecule has 1 heterocycles. The van der Waals surface area contributed by atoms with Gasteiger partial charge in [0.1, 0.15) is 16.1 Å². The molecular weight excluding hydrogens is 616 g/mol. The van der Waals surface area contributed by atoms with Crippen LogP contribution in [0.1, 0.15) is 96.3 Å². The zero-order valence-electron chi connectivity index (χ0n) is 28.4. The van der Waals surface area contributed by atoms with Gasteiger partial charge in [-0.1, -0.05) is 109 Å². The topological polar surface area (TPSA) is 141 Å². The molecule has 1 aromatic heterocycles. The first-order valence-electron chi connectivity index (χ1n) is 16.8. The highest BCUT2D eigenvalue weighted by Gasteiger charge is 2.31. The van der Waals surface area contributed by atoms with Gasteiger partial charge in [-0.05, 0) is 49.3 Å². The van der Waals surface area contributed by atoms with Gasteiger partial charge in [-0.3, -0.25) is 9.78 Å². The number of esters is 1. The molecule has 3 rings (SSSR count). The molecule has 3 aromatic rings. The second-order valence-electron chi connectivity index (χ2n) is 11.8. The predicted molar refractivity (Wildman–Crippen MR) is 186 cm³/mol. The lowest BCUT2D eigenvalue weighted by Crippen LogP contribution is -2.39. The number of azo groups is 1. The summed E-state index contributed by atoms with van der Waals surface area (Å²) in [5.41, 5.74) is -0.860. The Morgan fingerprint density at radius 3 is 2.00 bits per heavy atom. The number of sulfonamides is 1. The highest BCUT2D eigenvalue weighted by Crippen LogP contribution is 2.40. The molecule has 0 fully saturated rings. The molecule has 0 spiro atoms. The first-order chi connectivity index (χ1) is 22.6. The Bertz CT molecular complexity index is 1620. The van der Waals surface area contributed by atoms with E-state index in [1.54, 1.807) is 59.8 Å². The molecule has 10 nitrogen and oxygen atoms in total. The fourth-order valence-corrected chi connectivity index (χ4v) is 7.36. The van der Waals surface area contributed by atoms with Crippen LogP contribution in [0.15, 0.2) is 74.5 Å². The number of nitrogens with one attached hydrogen (secondary N) is 1. The van der Waals surface area contributed by atoms with Crippen LogP contribution in [0, 0.1) is 11.8 Å². The summed E-state index contributed by atoms with van der Waals surface area (Å²) < 4.78 is 35.8. The normalized spacial score (nSPS) is 13.2. The van der Waals surface area contributed by atoms with Crippen LogP contribution >= 0.6 is 0 Å². The molecule has 2 aromatic carbocycles. The number of ether oxygens (including phenoxy) is 1. The summed E-state index contributed by atoms with van der Waals surface area (Å²) in [7, 11) is -4.02. The average Bonchev–Trinajstić information content (AvgIpc) is 3.07. The largest absolute Gasteiger partial charge is 0.493 e. The number of aromatic nitrogens is 1. The Kier molecular flexibility index (Phi) is 14.8. The summed E-state index contributed by atoms with van der Waals surface area (Å²) >= 11 is 0. The quantitative estimate of drug-likeness (QED) is 0.0968. The highest BCUT2D eigenvalue weighted by atomic mass is 32.2. The minimum atomic E-state index is -4.02. The molecule has 0 radical (unpaired) electrons. The number of carbonyl (C=O) groups excluding carboxylic acids is 1. The number of hydrogen-bond acceptors (Lipinski definition) is 8. The van der Waals surface area contributed by atoms with Crippen molar-refractivity contribution in [1.82, 2.24) is 9.29 Å². The van der Waals surface area contributed by atoms with Gasteiger partial charge in [-0.2, -0.15) is 4.31 Å². The molecular formula is C36H50N4O6S. The van der Waals surface area contributed by atoms with Crippen LogP contribution in [0.3, 0.4) is 0 Å². The van der Waals surface area contributed by atoms with E-state index in [1.165, 1.54) is 6.07 Å². The van der Waals surface area contributed by atoms with E-state index in [-0.39, 0.29) is 45.8 Å². The van der Waals surface area contributed by atoms with Crippen LogP contribution in [0.5, 0.6) is 5.88 Å². The summed E-state index contributed by atoms with van der Waals surface area (Å²) in [6.45, 7) is 11.0. The minimum absolute atomic E-state index is 0.00442. The van der Waals surface area contributed by atoms with Crippen molar-refractivity contribution in [2.75, 3.05) is 19.7 Å². The summed E-state index contributed by atoms with van der Waals surface area (Å²) in [4.78, 5) is 28.1. The third-order valence-electron chi connectivity index (χ3n) is 8.46. The second kappa shape index (κ2) is 18.5. The van der Waals surface area contributed by atoms with Gasteiger partial charge in [0.25, 0.3) is 5.56 Å². The van der Waals surface area contributed by atoms with Crippen molar-refractivity contribution >= 4 is 27.4 Å². The molecule has 256 valence electrons. The number of nitrogens with zero attached hydrogens (tertiary/aromatic N) is 3. The van der Waals surface area contributed by atoms with E-state index in [0.717, 1.165) is 51.4 Å². The molecule has 2 unspecified atom stereocenters. The van der Waals surface area contributed by atoms with E-state index in [0.29, 0.717) is 18.7 Å². The zero-order valence-corrected chi connectivity index (χ0v) is 29.2. The summed E-state index contributed by atoms with van der Waals surface area (Å²) in [6.07, 6.45) is 7.79. The Morgan fingerprint density at radius 1 is 0.872 bits per heavy atom. The van der Waals surface area contributed by atoms with Crippen LogP contribution in [-0.4, -0.2) is 48.5 Å². The summed E-state index contributed by atoms with van der Waals surface area (Å²) in [5, 5.41) is 19.5. The number of aromatic hydroxyl groups is 1. The van der Waals surface area contributed by atoms with E-state index in [4.69, 9.17) is 4.74 Å². The Morgan fingerprint density at radius 2 is 1.45 bits per heavy atom. The number of hydrogen-bond donors (Lipinski definition) is 2. The molecule has 2 atom stereocenters. The number of aromatic amines is 1. The van der Waals surface area contributed by atoms with Gasteiger partial charge < -0.3 is 9.84 Å². The number of rotatable bonds is 19. The molecule has 47 heavy (non-hydrogen) atoms. The molecule has 0 amide bonds. The smallest absolute Gasteiger partial charge is 0.344 e. The number of benzene rings is 2. The maximum absolute atomic E-state index is 14.5. The number of H-pyrrole nitrogens is 1. The third kappa shape index (κ3) is 9.84. The molecule has 0 saturated carbocycles. The van der Waals surface area contributed by atoms with E-state index in [2.05, 4.69) is 42.9 Å². The van der Waals surface area contributed by atoms with E-state index >= 15 is 0 Å². The lowest BCUT2D eigenvalue weighted by atomic mass is 9.97. The molecule has 0 aliphatic carbocycles. The van der Waals surface area contributed by atoms with Crippen molar-refractivity contribution < 1.29 is 23.1 Å². The fraction of sp³-hybridized carbons (Fsp3) is 0.500. The van der Waals surface area contributed by atoms with E-state index in [1.807, 2.05) is 0 Å². The standard InChI is InChI=1S/C36H50N4O6S/c1-6-11-18-26(8-3)24-40(25-27(9-4)19-12-7-2)47(44,45)30-23-17-16-22-29(30)38-39-33-31(28-20-14-13-15-21-28)32(36(43)46-10-5)34(41)37-35(33)42/h13-17,20-23,26-27H,6-12,18-19,24-25H2,1-5H3,(H2,37,41,42)/b39-38+. The Hall–Kier alpha value is -3.83. The van der Waals surface area contributed by atoms with Gasteiger partial charge in [-0.25, -0.2) is 13.2 Å². The van der Waals surface area contributed by atoms with Crippen molar-refractivity contribution in [2.24, 2.45) is 22.1 Å². The van der Waals surface area contributed by atoms with Crippen molar-refractivity contribution in [2.45, 2.75) is 90.9 Å². The molecule has 2 N–H and O–H groups in total. The first-order valence-corrected chi connectivity index (χ1v) is 18.3. The van der Waals surface area contributed by atoms with Crippen molar-refractivity contribution in [3.63, 3.8) is 0 Å². The van der Waals surface area contributed by atoms with Gasteiger partial charge in [0.2, 0.25) is 15.9 Å². The monoisotopic (exact) mass is 666 g/mol. The second-order valence-corrected chi connectivity index (χ2v) is 13.7. The van der Waals surface area contributed by atoms with Crippen molar-refractivity contribution in [3.8, 4) is 17.0 Å². The maximum Gasteiger partial charge on any atom is 0.344 e. The minimum Gasteiger partial charge on any atom is -0.493 e. The maximum atomic E-state index is 14.5. The van der Waals surface area contributed by atoms with Gasteiger partial charge in [0.15, 0.2) is 5.69 Å². The number of pyridine rings is 1. The molecule has 0 bridgehead atoms. The molecule has 11 heteroatoms. The van der Waals surface area contributed by atoms with Gasteiger partial charge in [-0.15, -0.1) is 10.2 Å². The summed E-state index contributed by atoms with van der Waals surface area (Å²) in [6, 6.07) is 14.9. The van der Waals surface area contributed by atoms with E-state index < -0.39 is 27.4 Å². The lowest BCUT2D eigenvalue weighted by molar-refractivity contribution is 0.0525. The molecule has 0 aliphatic rings. The molecule has 0 aliphatic heterocycles.